The molecule has 0 atom stereocenters. The minimum Gasteiger partial charge on any atom is -0.496 e. The van der Waals surface area contributed by atoms with Gasteiger partial charge in [0.2, 0.25) is 0 Å². The summed E-state index contributed by atoms with van der Waals surface area (Å²) in [7, 11) is 1.43. The third-order valence-electron chi connectivity index (χ3n) is 5.57. The van der Waals surface area contributed by atoms with Gasteiger partial charge in [0.05, 0.1) is 35.0 Å². The zero-order valence-electron chi connectivity index (χ0n) is 18.6. The Morgan fingerprint density at radius 2 is 1.97 bits per heavy atom. The van der Waals surface area contributed by atoms with Gasteiger partial charge in [0.1, 0.15) is 17.9 Å². The summed E-state index contributed by atoms with van der Waals surface area (Å²) in [4.78, 5) is 25.4. The van der Waals surface area contributed by atoms with Crippen LogP contribution in [0, 0.1) is 5.82 Å². The number of pyridine rings is 1. The number of amides is 1. The lowest BCUT2D eigenvalue weighted by Gasteiger charge is -2.10. The maximum atomic E-state index is 13.6. The van der Waals surface area contributed by atoms with Gasteiger partial charge in [-0.05, 0) is 29.8 Å². The Morgan fingerprint density at radius 1 is 1.14 bits per heavy atom. The first-order chi connectivity index (χ1) is 17.0. The molecule has 2 aromatic carbocycles. The van der Waals surface area contributed by atoms with Gasteiger partial charge in [-0.1, -0.05) is 24.3 Å². The summed E-state index contributed by atoms with van der Waals surface area (Å²) in [5.74, 6) is -0.306. The molecule has 5 aromatic rings. The molecule has 9 nitrogen and oxygen atoms in total. The number of nitrogen functional groups attached to an aromatic ring is 1. The van der Waals surface area contributed by atoms with Gasteiger partial charge in [-0.15, -0.1) is 0 Å². The molecule has 0 aliphatic carbocycles. The summed E-state index contributed by atoms with van der Waals surface area (Å²) >= 11 is 0. The number of H-pyrrole nitrogens is 1. The molecule has 174 valence electrons. The monoisotopic (exact) mass is 469 g/mol. The molecular formula is C25H20FN7O2. The summed E-state index contributed by atoms with van der Waals surface area (Å²) in [6.07, 6.45) is 4.85. The van der Waals surface area contributed by atoms with E-state index in [1.54, 1.807) is 18.5 Å². The zero-order chi connectivity index (χ0) is 24.4. The van der Waals surface area contributed by atoms with Crippen molar-refractivity contribution in [2.75, 3.05) is 12.8 Å². The van der Waals surface area contributed by atoms with E-state index >= 15 is 0 Å². The van der Waals surface area contributed by atoms with Crippen LogP contribution in [0.4, 0.5) is 10.2 Å². The lowest BCUT2D eigenvalue weighted by Crippen LogP contribution is -2.23. The highest BCUT2D eigenvalue weighted by Crippen LogP contribution is 2.34. The molecule has 3 aromatic heterocycles. The fourth-order valence-electron chi connectivity index (χ4n) is 3.83. The van der Waals surface area contributed by atoms with Gasteiger partial charge < -0.3 is 15.8 Å². The third-order valence-corrected chi connectivity index (χ3v) is 5.57. The second-order valence-electron chi connectivity index (χ2n) is 7.70. The van der Waals surface area contributed by atoms with Crippen LogP contribution in [0.3, 0.4) is 0 Å². The van der Waals surface area contributed by atoms with Gasteiger partial charge in [0.15, 0.2) is 5.82 Å². The number of carbonyl (C=O) groups is 1. The Labute approximate surface area is 199 Å². The van der Waals surface area contributed by atoms with Gasteiger partial charge in [0.25, 0.3) is 5.91 Å². The maximum absolute atomic E-state index is 13.6. The standard InChI is InChI=1S/C25H20FN7O2/c1-35-20-7-6-16(26)10-17(20)25(34)30-11-14-2-4-15(5-3-14)22-21-23(32-33-24(21)27)18(12-29-22)19-8-9-28-13-31-19/h2-10,12-13H,11H2,1H3,(H,30,34)(H3,27,32,33). The number of fused-ring (bicyclic) bond motifs is 1. The van der Waals surface area contributed by atoms with E-state index in [-0.39, 0.29) is 12.1 Å². The fourth-order valence-corrected chi connectivity index (χ4v) is 3.83. The highest BCUT2D eigenvalue weighted by Gasteiger charge is 2.17. The van der Waals surface area contributed by atoms with Crippen molar-refractivity contribution < 1.29 is 13.9 Å². The molecule has 0 fully saturated rings. The molecule has 0 unspecified atom stereocenters. The molecule has 3 heterocycles. The van der Waals surface area contributed by atoms with Crippen LogP contribution in [0.25, 0.3) is 33.4 Å². The molecule has 1 amide bonds. The van der Waals surface area contributed by atoms with Crippen molar-refractivity contribution in [1.29, 1.82) is 0 Å². The first kappa shape index (κ1) is 22.0. The number of aromatic nitrogens is 5. The molecular weight excluding hydrogens is 449 g/mol. The topological polar surface area (TPSA) is 132 Å². The van der Waals surface area contributed by atoms with Crippen LogP contribution in [0.15, 0.2) is 67.3 Å². The first-order valence-electron chi connectivity index (χ1n) is 10.6. The molecule has 5 rings (SSSR count). The fraction of sp³-hybridized carbons (Fsp3) is 0.0800. The number of methoxy groups -OCH3 is 1. The van der Waals surface area contributed by atoms with Crippen molar-refractivity contribution >= 4 is 22.6 Å². The molecule has 0 saturated carbocycles. The Kier molecular flexibility index (Phi) is 5.76. The lowest BCUT2D eigenvalue weighted by atomic mass is 10.0. The van der Waals surface area contributed by atoms with Crippen molar-refractivity contribution in [3.05, 3.63) is 84.2 Å². The van der Waals surface area contributed by atoms with E-state index < -0.39 is 11.7 Å². The number of hydrogen-bond donors (Lipinski definition) is 3. The number of nitrogens with one attached hydrogen (secondary N) is 2. The average Bonchev–Trinajstić information content (AvgIpc) is 3.29. The van der Waals surface area contributed by atoms with Crippen LogP contribution in [0.2, 0.25) is 0 Å². The lowest BCUT2D eigenvalue weighted by molar-refractivity contribution is 0.0947. The SMILES string of the molecule is COc1ccc(F)cc1C(=O)NCc1ccc(-c2ncc(-c3ccncn3)c3[nH]nc(N)c23)cc1. The molecule has 0 spiro atoms. The molecule has 35 heavy (non-hydrogen) atoms. The molecule has 10 heteroatoms. The van der Waals surface area contributed by atoms with E-state index in [2.05, 4.69) is 30.5 Å². The van der Waals surface area contributed by atoms with Crippen molar-refractivity contribution in [3.8, 4) is 28.3 Å². The van der Waals surface area contributed by atoms with Gasteiger partial charge in [0, 0.05) is 30.1 Å². The number of benzene rings is 2. The molecule has 0 radical (unpaired) electrons. The summed E-state index contributed by atoms with van der Waals surface area (Å²) in [6, 6.07) is 13.1. The minimum atomic E-state index is -0.511. The van der Waals surface area contributed by atoms with Gasteiger partial charge >= 0.3 is 0 Å². The number of hydrogen-bond acceptors (Lipinski definition) is 7. The average molecular weight is 469 g/mol. The summed E-state index contributed by atoms with van der Waals surface area (Å²) < 4.78 is 18.7. The molecule has 0 bridgehead atoms. The first-order valence-corrected chi connectivity index (χ1v) is 10.6. The number of nitrogens with zero attached hydrogens (tertiary/aromatic N) is 4. The van der Waals surface area contributed by atoms with Crippen molar-refractivity contribution in [3.63, 3.8) is 0 Å². The van der Waals surface area contributed by atoms with E-state index in [1.165, 1.54) is 25.6 Å². The van der Waals surface area contributed by atoms with Gasteiger partial charge in [-0.2, -0.15) is 5.10 Å². The number of ether oxygens (including phenoxy) is 1. The number of rotatable bonds is 6. The second kappa shape index (κ2) is 9.18. The Hall–Kier alpha value is -4.86. The van der Waals surface area contributed by atoms with Crippen LogP contribution < -0.4 is 15.8 Å². The predicted octanol–water partition coefficient (Wildman–Crippen LogP) is 3.74. The Bertz CT molecular complexity index is 1520. The van der Waals surface area contributed by atoms with Crippen LogP contribution in [0.1, 0.15) is 15.9 Å². The van der Waals surface area contributed by atoms with Crippen molar-refractivity contribution in [2.24, 2.45) is 0 Å². The van der Waals surface area contributed by atoms with Crippen molar-refractivity contribution in [1.82, 2.24) is 30.5 Å². The molecule has 0 aliphatic rings. The zero-order valence-corrected chi connectivity index (χ0v) is 18.6. The van der Waals surface area contributed by atoms with Crippen molar-refractivity contribution in [2.45, 2.75) is 6.54 Å². The summed E-state index contributed by atoms with van der Waals surface area (Å²) in [6.45, 7) is 0.252. The van der Waals surface area contributed by atoms with Gasteiger partial charge in [-0.25, -0.2) is 14.4 Å². The highest BCUT2D eigenvalue weighted by atomic mass is 19.1. The number of halogens is 1. The van der Waals surface area contributed by atoms with E-state index in [0.717, 1.165) is 28.3 Å². The molecule has 4 N–H and O–H groups in total. The maximum Gasteiger partial charge on any atom is 0.255 e. The predicted molar refractivity (Wildman–Crippen MR) is 129 cm³/mol. The van der Waals surface area contributed by atoms with Gasteiger partial charge in [-0.3, -0.25) is 14.9 Å². The Morgan fingerprint density at radius 3 is 2.71 bits per heavy atom. The van der Waals surface area contributed by atoms with Crippen LogP contribution >= 0.6 is 0 Å². The summed E-state index contributed by atoms with van der Waals surface area (Å²) in [5.41, 5.74) is 10.8. The summed E-state index contributed by atoms with van der Waals surface area (Å²) in [5, 5.41) is 10.6. The quantitative estimate of drug-likeness (QED) is 0.345. The number of anilines is 1. The largest absolute Gasteiger partial charge is 0.496 e. The van der Waals surface area contributed by atoms with E-state index in [9.17, 15) is 9.18 Å². The molecule has 0 aliphatic heterocycles. The van der Waals surface area contributed by atoms with Crippen LogP contribution in [-0.2, 0) is 6.54 Å². The minimum absolute atomic E-state index is 0.134. The number of nitrogens with two attached hydrogens (primary N) is 1. The van der Waals surface area contributed by atoms with E-state index in [4.69, 9.17) is 10.5 Å². The number of carbonyl (C=O) groups excluding carboxylic acids is 1. The smallest absolute Gasteiger partial charge is 0.255 e. The highest BCUT2D eigenvalue weighted by molar-refractivity contribution is 6.05. The normalized spacial score (nSPS) is 10.9. The van der Waals surface area contributed by atoms with Crippen LogP contribution in [-0.4, -0.2) is 38.2 Å². The third kappa shape index (κ3) is 4.24. The Balaban J connectivity index is 1.39. The second-order valence-corrected chi connectivity index (χ2v) is 7.70. The number of aromatic amines is 1. The molecule has 0 saturated heterocycles. The van der Waals surface area contributed by atoms with E-state index in [0.29, 0.717) is 28.3 Å². The van der Waals surface area contributed by atoms with Crippen LogP contribution in [0.5, 0.6) is 5.75 Å². The van der Waals surface area contributed by atoms with E-state index in [1.807, 2.05) is 24.3 Å².